The Labute approximate surface area is 164 Å². The van der Waals surface area contributed by atoms with Gasteiger partial charge in [0.15, 0.2) is 0 Å². The first-order valence-electron chi connectivity index (χ1n) is 8.93. The van der Waals surface area contributed by atoms with Crippen LogP contribution in [0, 0.1) is 5.41 Å². The van der Waals surface area contributed by atoms with Crippen molar-refractivity contribution in [3.63, 3.8) is 0 Å². The molecule has 7 nitrogen and oxygen atoms in total. The molecule has 0 saturated heterocycles. The molecule has 0 spiro atoms. The number of carbonyl (C=O) groups is 2. The molecule has 2 rings (SSSR count). The van der Waals surface area contributed by atoms with Crippen LogP contribution < -0.4 is 15.5 Å². The molecule has 2 aromatic carbocycles. The van der Waals surface area contributed by atoms with Gasteiger partial charge in [0.05, 0.1) is 18.2 Å². The first-order valence-corrected chi connectivity index (χ1v) is 8.93. The third-order valence-electron chi connectivity index (χ3n) is 4.38. The Morgan fingerprint density at radius 3 is 2.25 bits per heavy atom. The zero-order valence-electron chi connectivity index (χ0n) is 16.2. The predicted molar refractivity (Wildman–Crippen MR) is 104 cm³/mol. The molecular weight excluding hydrogens is 360 g/mol. The molecule has 0 aliphatic heterocycles. The van der Waals surface area contributed by atoms with Crippen molar-refractivity contribution in [3.05, 3.63) is 65.2 Å². The summed E-state index contributed by atoms with van der Waals surface area (Å²) < 4.78 is 5.80. The molecule has 2 amide bonds. The van der Waals surface area contributed by atoms with Crippen LogP contribution in [0.5, 0.6) is 5.75 Å². The zero-order chi connectivity index (χ0) is 20.7. The summed E-state index contributed by atoms with van der Waals surface area (Å²) in [6.45, 7) is 5.87. The number of rotatable bonds is 7. The zero-order valence-corrected chi connectivity index (χ0v) is 16.2. The number of aliphatic hydroxyl groups is 1. The van der Waals surface area contributed by atoms with Gasteiger partial charge in [-0.05, 0) is 35.2 Å². The molecule has 0 fully saturated rings. The Morgan fingerprint density at radius 1 is 1.04 bits per heavy atom. The predicted octanol–water partition coefficient (Wildman–Crippen LogP) is 2.52. The number of hydrogen-bond acceptors (Lipinski definition) is 5. The topological polar surface area (TPSA) is 108 Å². The average Bonchev–Trinajstić information content (AvgIpc) is 2.69. The second-order valence-electron chi connectivity index (χ2n) is 7.50. The van der Waals surface area contributed by atoms with Gasteiger partial charge < -0.3 is 15.2 Å². The van der Waals surface area contributed by atoms with Gasteiger partial charge in [0.1, 0.15) is 12.4 Å². The molecule has 0 heterocycles. The number of ether oxygens (including phenoxy) is 1. The average molecular weight is 386 g/mol. The van der Waals surface area contributed by atoms with E-state index >= 15 is 0 Å². The number of hydrogen-bond donors (Lipinski definition) is 4. The van der Waals surface area contributed by atoms with E-state index in [1.165, 1.54) is 0 Å². The van der Waals surface area contributed by atoms with E-state index in [9.17, 15) is 14.7 Å². The SMILES string of the molecule is CC(C)(C)[C@H](CO)NC(=O)c1ccccc1OCc1ccc(C(=O)NO)cc1. The van der Waals surface area contributed by atoms with Crippen molar-refractivity contribution in [1.29, 1.82) is 0 Å². The van der Waals surface area contributed by atoms with Crippen LogP contribution in [-0.2, 0) is 6.61 Å². The Balaban J connectivity index is 2.09. The van der Waals surface area contributed by atoms with Gasteiger partial charge in [0.25, 0.3) is 11.8 Å². The summed E-state index contributed by atoms with van der Waals surface area (Å²) in [5, 5.41) is 21.1. The van der Waals surface area contributed by atoms with E-state index in [4.69, 9.17) is 9.94 Å². The third kappa shape index (κ3) is 5.55. The summed E-state index contributed by atoms with van der Waals surface area (Å²) in [4.78, 5) is 24.0. The number of hydroxylamine groups is 1. The van der Waals surface area contributed by atoms with Crippen LogP contribution >= 0.6 is 0 Å². The first-order chi connectivity index (χ1) is 13.3. The van der Waals surface area contributed by atoms with Crippen molar-refractivity contribution in [2.45, 2.75) is 33.4 Å². The number of aliphatic hydroxyl groups excluding tert-OH is 1. The molecule has 2 aromatic rings. The van der Waals surface area contributed by atoms with Gasteiger partial charge in [-0.3, -0.25) is 14.8 Å². The summed E-state index contributed by atoms with van der Waals surface area (Å²) in [5.41, 5.74) is 2.79. The van der Waals surface area contributed by atoms with Crippen molar-refractivity contribution in [2.75, 3.05) is 6.61 Å². The molecular formula is C21H26N2O5. The van der Waals surface area contributed by atoms with Gasteiger partial charge in [0, 0.05) is 5.56 Å². The normalized spacial score (nSPS) is 12.2. The Bertz CT molecular complexity index is 812. The minimum Gasteiger partial charge on any atom is -0.488 e. The van der Waals surface area contributed by atoms with Crippen LogP contribution in [-0.4, -0.2) is 34.8 Å². The quantitative estimate of drug-likeness (QED) is 0.432. The summed E-state index contributed by atoms with van der Waals surface area (Å²) in [6, 6.07) is 13.0. The molecule has 150 valence electrons. The lowest BCUT2D eigenvalue weighted by atomic mass is 9.87. The molecule has 0 aromatic heterocycles. The van der Waals surface area contributed by atoms with Gasteiger partial charge >= 0.3 is 0 Å². The lowest BCUT2D eigenvalue weighted by molar-refractivity contribution is 0.0706. The number of carbonyl (C=O) groups excluding carboxylic acids is 2. The molecule has 28 heavy (non-hydrogen) atoms. The van der Waals surface area contributed by atoms with E-state index in [-0.39, 0.29) is 24.5 Å². The van der Waals surface area contributed by atoms with E-state index < -0.39 is 11.9 Å². The molecule has 0 saturated carbocycles. The van der Waals surface area contributed by atoms with E-state index in [1.54, 1.807) is 54.0 Å². The summed E-state index contributed by atoms with van der Waals surface area (Å²) in [6.07, 6.45) is 0. The molecule has 0 aliphatic carbocycles. The van der Waals surface area contributed by atoms with Crippen LogP contribution in [0.15, 0.2) is 48.5 Å². The maximum Gasteiger partial charge on any atom is 0.274 e. The highest BCUT2D eigenvalue weighted by atomic mass is 16.5. The summed E-state index contributed by atoms with van der Waals surface area (Å²) in [5.74, 6) is -0.492. The maximum absolute atomic E-state index is 12.7. The Kier molecular flexibility index (Phi) is 7.14. The van der Waals surface area contributed by atoms with E-state index in [0.29, 0.717) is 16.9 Å². The lowest BCUT2D eigenvalue weighted by Gasteiger charge is -2.30. The van der Waals surface area contributed by atoms with Crippen molar-refractivity contribution in [1.82, 2.24) is 10.8 Å². The second-order valence-corrected chi connectivity index (χ2v) is 7.50. The smallest absolute Gasteiger partial charge is 0.274 e. The Hall–Kier alpha value is -2.90. The van der Waals surface area contributed by atoms with Gasteiger partial charge in [-0.2, -0.15) is 0 Å². The molecule has 4 N–H and O–H groups in total. The molecule has 0 bridgehead atoms. The number of amides is 2. The largest absolute Gasteiger partial charge is 0.488 e. The van der Waals surface area contributed by atoms with Gasteiger partial charge in [-0.25, -0.2) is 5.48 Å². The molecule has 0 aliphatic rings. The second kappa shape index (κ2) is 9.34. The molecule has 0 radical (unpaired) electrons. The number of para-hydroxylation sites is 1. The number of benzene rings is 2. The van der Waals surface area contributed by atoms with Gasteiger partial charge in [0.2, 0.25) is 0 Å². The third-order valence-corrected chi connectivity index (χ3v) is 4.38. The standard InChI is InChI=1S/C21H26N2O5/c1-21(2,3)18(12-24)22-20(26)16-6-4-5-7-17(16)28-13-14-8-10-15(11-9-14)19(25)23-27/h4-11,18,24,27H,12-13H2,1-3H3,(H,22,26)(H,23,25)/t18-/m0/s1. The summed E-state index contributed by atoms with van der Waals surface area (Å²) >= 11 is 0. The fourth-order valence-electron chi connectivity index (χ4n) is 2.53. The first kappa shape index (κ1) is 21.4. The highest BCUT2D eigenvalue weighted by Gasteiger charge is 2.26. The van der Waals surface area contributed by atoms with Crippen molar-refractivity contribution >= 4 is 11.8 Å². The van der Waals surface area contributed by atoms with Crippen LogP contribution in [0.4, 0.5) is 0 Å². The lowest BCUT2D eigenvalue weighted by Crippen LogP contribution is -2.46. The highest BCUT2D eigenvalue weighted by molar-refractivity contribution is 5.97. The van der Waals surface area contributed by atoms with E-state index in [2.05, 4.69) is 5.32 Å². The monoisotopic (exact) mass is 386 g/mol. The van der Waals surface area contributed by atoms with Gasteiger partial charge in [-0.15, -0.1) is 0 Å². The minimum atomic E-state index is -0.591. The van der Waals surface area contributed by atoms with Gasteiger partial charge in [-0.1, -0.05) is 45.0 Å². The molecule has 7 heteroatoms. The van der Waals surface area contributed by atoms with E-state index in [1.807, 2.05) is 20.8 Å². The highest BCUT2D eigenvalue weighted by Crippen LogP contribution is 2.23. The molecule has 0 unspecified atom stereocenters. The summed E-state index contributed by atoms with van der Waals surface area (Å²) in [7, 11) is 0. The molecule has 1 atom stereocenters. The van der Waals surface area contributed by atoms with Crippen LogP contribution in [0.2, 0.25) is 0 Å². The Morgan fingerprint density at radius 2 is 1.68 bits per heavy atom. The fraction of sp³-hybridized carbons (Fsp3) is 0.333. The van der Waals surface area contributed by atoms with Crippen LogP contribution in [0.1, 0.15) is 47.1 Å². The van der Waals surface area contributed by atoms with Crippen molar-refractivity contribution in [2.24, 2.45) is 5.41 Å². The van der Waals surface area contributed by atoms with Crippen molar-refractivity contribution < 1.29 is 24.6 Å². The minimum absolute atomic E-state index is 0.161. The van der Waals surface area contributed by atoms with E-state index in [0.717, 1.165) is 5.56 Å². The van der Waals surface area contributed by atoms with Crippen LogP contribution in [0.3, 0.4) is 0 Å². The fourth-order valence-corrected chi connectivity index (χ4v) is 2.53. The van der Waals surface area contributed by atoms with Crippen molar-refractivity contribution in [3.8, 4) is 5.75 Å². The number of nitrogens with one attached hydrogen (secondary N) is 2. The maximum atomic E-state index is 12.7. The van der Waals surface area contributed by atoms with Crippen LogP contribution in [0.25, 0.3) is 0 Å².